The maximum absolute atomic E-state index is 11.2. The van der Waals surface area contributed by atoms with Crippen molar-refractivity contribution in [3.8, 4) is 0 Å². The van der Waals surface area contributed by atoms with Crippen LogP contribution in [-0.2, 0) is 4.79 Å². The molecule has 0 saturated carbocycles. The molecule has 1 aliphatic rings. The lowest BCUT2D eigenvalue weighted by Gasteiger charge is -2.22. The molecule has 0 bridgehead atoms. The minimum atomic E-state index is -0.939. The second-order valence-electron chi connectivity index (χ2n) is 3.73. The van der Waals surface area contributed by atoms with Gasteiger partial charge in [0.15, 0.2) is 0 Å². The van der Waals surface area contributed by atoms with Crippen LogP contribution in [0.15, 0.2) is 11.4 Å². The predicted molar refractivity (Wildman–Crippen MR) is 60.8 cm³/mol. The van der Waals surface area contributed by atoms with Crippen LogP contribution in [0.3, 0.4) is 0 Å². The van der Waals surface area contributed by atoms with Gasteiger partial charge in [-0.05, 0) is 18.9 Å². The summed E-state index contributed by atoms with van der Waals surface area (Å²) >= 11 is 1.16. The summed E-state index contributed by atoms with van der Waals surface area (Å²) in [4.78, 5) is 24.1. The van der Waals surface area contributed by atoms with Gasteiger partial charge in [-0.1, -0.05) is 0 Å². The Morgan fingerprint density at radius 3 is 2.88 bits per heavy atom. The van der Waals surface area contributed by atoms with Gasteiger partial charge in [-0.25, -0.2) is 4.79 Å². The van der Waals surface area contributed by atoms with E-state index < -0.39 is 5.97 Å². The highest BCUT2D eigenvalue weighted by molar-refractivity contribution is 7.12. The molecule has 0 spiro atoms. The third-order valence-electron chi connectivity index (χ3n) is 2.71. The van der Waals surface area contributed by atoms with E-state index in [1.54, 1.807) is 11.4 Å². The number of hydrogen-bond donors (Lipinski definition) is 2. The number of carbonyl (C=O) groups excluding carboxylic acids is 1. The van der Waals surface area contributed by atoms with Gasteiger partial charge in [-0.2, -0.15) is 0 Å². The minimum Gasteiger partial charge on any atom is -0.477 e. The number of nitrogens with zero attached hydrogens (tertiary/aromatic N) is 1. The van der Waals surface area contributed by atoms with Gasteiger partial charge in [0, 0.05) is 17.6 Å². The van der Waals surface area contributed by atoms with Crippen LogP contribution in [0, 0.1) is 0 Å². The van der Waals surface area contributed by atoms with Gasteiger partial charge in [0.1, 0.15) is 10.9 Å². The van der Waals surface area contributed by atoms with Crippen molar-refractivity contribution in [3.63, 3.8) is 0 Å². The minimum absolute atomic E-state index is 0.283. The van der Waals surface area contributed by atoms with E-state index >= 15 is 0 Å². The molecule has 0 aliphatic carbocycles. The molecule has 2 rings (SSSR count). The van der Waals surface area contributed by atoms with Crippen LogP contribution in [0.4, 0.5) is 5.69 Å². The molecule has 2 heterocycles. The van der Waals surface area contributed by atoms with Crippen LogP contribution in [-0.4, -0.2) is 29.6 Å². The van der Waals surface area contributed by atoms with E-state index in [4.69, 9.17) is 10.8 Å². The fourth-order valence-corrected chi connectivity index (χ4v) is 2.70. The van der Waals surface area contributed by atoms with E-state index in [2.05, 4.69) is 0 Å². The smallest absolute Gasteiger partial charge is 0.345 e. The second-order valence-corrected chi connectivity index (χ2v) is 4.64. The zero-order chi connectivity index (χ0) is 11.7. The van der Waals surface area contributed by atoms with Crippen molar-refractivity contribution in [2.75, 3.05) is 11.4 Å². The van der Waals surface area contributed by atoms with Crippen molar-refractivity contribution in [2.45, 2.75) is 18.9 Å². The lowest BCUT2D eigenvalue weighted by Crippen LogP contribution is -2.40. The number of carbonyl (C=O) groups is 2. The Balaban J connectivity index is 2.22. The van der Waals surface area contributed by atoms with Gasteiger partial charge in [-0.15, -0.1) is 11.3 Å². The Labute approximate surface area is 96.5 Å². The molecule has 16 heavy (non-hydrogen) atoms. The third kappa shape index (κ3) is 1.88. The molecule has 1 saturated heterocycles. The SMILES string of the molecule is NC(=O)C1CCCN1c1csc(C(=O)O)c1. The molecule has 1 aromatic rings. The predicted octanol–water partition coefficient (Wildman–Crippen LogP) is 0.900. The fourth-order valence-electron chi connectivity index (χ4n) is 1.96. The quantitative estimate of drug-likeness (QED) is 0.822. The first kappa shape index (κ1) is 10.9. The molecule has 5 nitrogen and oxygen atoms in total. The largest absolute Gasteiger partial charge is 0.477 e. The molecule has 1 amide bonds. The van der Waals surface area contributed by atoms with E-state index in [1.807, 2.05) is 4.90 Å². The van der Waals surface area contributed by atoms with Crippen LogP contribution in [0.1, 0.15) is 22.5 Å². The van der Waals surface area contributed by atoms with Crippen LogP contribution in [0.5, 0.6) is 0 Å². The highest BCUT2D eigenvalue weighted by atomic mass is 32.1. The molecular formula is C10H12N2O3S. The summed E-state index contributed by atoms with van der Waals surface area (Å²) in [6, 6.07) is 1.30. The van der Waals surface area contributed by atoms with E-state index in [0.29, 0.717) is 0 Å². The Hall–Kier alpha value is -1.56. The lowest BCUT2D eigenvalue weighted by atomic mass is 10.2. The molecule has 1 atom stereocenters. The zero-order valence-electron chi connectivity index (χ0n) is 8.55. The number of primary amides is 1. The molecule has 1 aliphatic heterocycles. The Kier molecular flexibility index (Phi) is 2.82. The van der Waals surface area contributed by atoms with Gasteiger partial charge in [0.2, 0.25) is 5.91 Å². The van der Waals surface area contributed by atoms with Gasteiger partial charge in [0.25, 0.3) is 0 Å². The van der Waals surface area contributed by atoms with Crippen molar-refractivity contribution in [1.82, 2.24) is 0 Å². The van der Waals surface area contributed by atoms with Crippen molar-refractivity contribution in [2.24, 2.45) is 5.73 Å². The number of thiophene rings is 1. The summed E-state index contributed by atoms with van der Waals surface area (Å²) in [7, 11) is 0. The van der Waals surface area contributed by atoms with Crippen LogP contribution >= 0.6 is 11.3 Å². The fraction of sp³-hybridized carbons (Fsp3) is 0.400. The van der Waals surface area contributed by atoms with Gasteiger partial charge in [-0.3, -0.25) is 4.79 Å². The first-order valence-corrected chi connectivity index (χ1v) is 5.85. The standard InChI is InChI=1S/C10H12N2O3S/c11-9(13)7-2-1-3-12(7)6-4-8(10(14)15)16-5-6/h4-5,7H,1-3H2,(H2,11,13)(H,14,15). The zero-order valence-corrected chi connectivity index (χ0v) is 9.37. The number of anilines is 1. The van der Waals surface area contributed by atoms with Gasteiger partial charge in [0.05, 0.1) is 0 Å². The Morgan fingerprint density at radius 1 is 1.56 bits per heavy atom. The number of nitrogens with two attached hydrogens (primary N) is 1. The summed E-state index contributed by atoms with van der Waals surface area (Å²) in [5.41, 5.74) is 6.08. The van der Waals surface area contributed by atoms with Crippen molar-refractivity contribution >= 4 is 28.9 Å². The van der Waals surface area contributed by atoms with Crippen molar-refractivity contribution in [1.29, 1.82) is 0 Å². The summed E-state index contributed by atoms with van der Waals surface area (Å²) in [5, 5.41) is 10.6. The van der Waals surface area contributed by atoms with Crippen LogP contribution < -0.4 is 10.6 Å². The number of hydrogen-bond acceptors (Lipinski definition) is 4. The number of rotatable bonds is 3. The average Bonchev–Trinajstić information content (AvgIpc) is 2.86. The highest BCUT2D eigenvalue weighted by Gasteiger charge is 2.29. The third-order valence-corrected chi connectivity index (χ3v) is 3.62. The molecule has 0 aromatic carbocycles. The van der Waals surface area contributed by atoms with Gasteiger partial charge < -0.3 is 15.7 Å². The number of amides is 1. The molecule has 1 fully saturated rings. The first-order valence-electron chi connectivity index (χ1n) is 4.97. The number of carboxylic acids is 1. The topological polar surface area (TPSA) is 83.6 Å². The Morgan fingerprint density at radius 2 is 2.31 bits per heavy atom. The molecule has 1 unspecified atom stereocenters. The van der Waals surface area contributed by atoms with E-state index in [-0.39, 0.29) is 16.8 Å². The van der Waals surface area contributed by atoms with E-state index in [9.17, 15) is 9.59 Å². The average molecular weight is 240 g/mol. The van der Waals surface area contributed by atoms with Crippen LogP contribution in [0.2, 0.25) is 0 Å². The maximum Gasteiger partial charge on any atom is 0.345 e. The van der Waals surface area contributed by atoms with Crippen molar-refractivity contribution in [3.05, 3.63) is 16.3 Å². The Bertz CT molecular complexity index is 429. The molecule has 1 aromatic heterocycles. The second kappa shape index (κ2) is 4.13. The molecule has 3 N–H and O–H groups in total. The van der Waals surface area contributed by atoms with Crippen LogP contribution in [0.25, 0.3) is 0 Å². The number of carboxylic acid groups (broad SMARTS) is 1. The lowest BCUT2D eigenvalue weighted by molar-refractivity contribution is -0.119. The molecule has 6 heteroatoms. The number of aromatic carboxylic acids is 1. The molecule has 86 valence electrons. The molecular weight excluding hydrogens is 228 g/mol. The highest BCUT2D eigenvalue weighted by Crippen LogP contribution is 2.29. The summed E-state index contributed by atoms with van der Waals surface area (Å²) in [5.74, 6) is -1.29. The van der Waals surface area contributed by atoms with Gasteiger partial charge >= 0.3 is 5.97 Å². The first-order chi connectivity index (χ1) is 7.59. The summed E-state index contributed by atoms with van der Waals surface area (Å²) < 4.78 is 0. The monoisotopic (exact) mass is 240 g/mol. The summed E-state index contributed by atoms with van der Waals surface area (Å²) in [6.07, 6.45) is 1.65. The molecule has 0 radical (unpaired) electrons. The maximum atomic E-state index is 11.2. The van der Waals surface area contributed by atoms with E-state index in [0.717, 1.165) is 36.4 Å². The van der Waals surface area contributed by atoms with E-state index in [1.165, 1.54) is 0 Å². The summed E-state index contributed by atoms with van der Waals surface area (Å²) in [6.45, 7) is 0.753. The normalized spacial score (nSPS) is 20.0. The van der Waals surface area contributed by atoms with Crippen molar-refractivity contribution < 1.29 is 14.7 Å².